The molecule has 2 aromatic rings. The molecule has 0 atom stereocenters. The summed E-state index contributed by atoms with van der Waals surface area (Å²) in [4.78, 5) is 17.0. The lowest BCUT2D eigenvalue weighted by Gasteiger charge is -2.38. The van der Waals surface area contributed by atoms with Gasteiger partial charge in [-0.1, -0.05) is 30.3 Å². The van der Waals surface area contributed by atoms with E-state index in [9.17, 15) is 13.2 Å². The van der Waals surface area contributed by atoms with Crippen LogP contribution in [0, 0.1) is 20.8 Å². The van der Waals surface area contributed by atoms with Crippen LogP contribution in [0.5, 0.6) is 0 Å². The number of anilines is 2. The summed E-state index contributed by atoms with van der Waals surface area (Å²) in [5.41, 5.74) is 5.09. The number of carbonyl (C=O) groups is 1. The molecule has 6 nitrogen and oxygen atoms in total. The normalized spacial score (nSPS) is 14.8. The Morgan fingerprint density at radius 1 is 0.931 bits per heavy atom. The Balaban J connectivity index is 1.70. The second kappa shape index (κ2) is 8.45. The number of sulfonamides is 1. The first-order valence-electron chi connectivity index (χ1n) is 9.81. The Morgan fingerprint density at radius 2 is 1.55 bits per heavy atom. The predicted octanol–water partition coefficient (Wildman–Crippen LogP) is 2.73. The van der Waals surface area contributed by atoms with Gasteiger partial charge in [0.05, 0.1) is 11.9 Å². The van der Waals surface area contributed by atoms with Crippen LogP contribution in [0.15, 0.2) is 42.5 Å². The molecule has 3 rings (SSSR count). The Morgan fingerprint density at radius 3 is 2.17 bits per heavy atom. The number of hydrogen-bond acceptors (Lipinski definition) is 4. The van der Waals surface area contributed by atoms with Crippen molar-refractivity contribution in [3.8, 4) is 0 Å². The highest BCUT2D eigenvalue weighted by Crippen LogP contribution is 2.25. The zero-order chi connectivity index (χ0) is 21.2. The summed E-state index contributed by atoms with van der Waals surface area (Å²) in [6.07, 6.45) is 1.14. The number of amides is 1. The maximum Gasteiger partial charge on any atom is 0.243 e. The molecule has 0 N–H and O–H groups in total. The van der Waals surface area contributed by atoms with Gasteiger partial charge in [0, 0.05) is 31.9 Å². The molecular weight excluding hydrogens is 386 g/mol. The van der Waals surface area contributed by atoms with Crippen LogP contribution in [0.3, 0.4) is 0 Å². The van der Waals surface area contributed by atoms with Gasteiger partial charge in [0.15, 0.2) is 0 Å². The number of para-hydroxylation sites is 1. The van der Waals surface area contributed by atoms with Crippen molar-refractivity contribution in [1.29, 1.82) is 0 Å². The van der Waals surface area contributed by atoms with Gasteiger partial charge in [-0.15, -0.1) is 0 Å². The van der Waals surface area contributed by atoms with Gasteiger partial charge in [-0.3, -0.25) is 9.10 Å². The largest absolute Gasteiger partial charge is 0.368 e. The van der Waals surface area contributed by atoms with Crippen molar-refractivity contribution in [1.82, 2.24) is 4.90 Å². The maximum atomic E-state index is 12.9. The fraction of sp³-hybridized carbons (Fsp3) is 0.409. The van der Waals surface area contributed by atoms with E-state index >= 15 is 0 Å². The van der Waals surface area contributed by atoms with E-state index in [1.807, 2.05) is 19.1 Å². The number of nitrogens with zero attached hydrogens (tertiary/aromatic N) is 3. The van der Waals surface area contributed by atoms with Gasteiger partial charge in [0.1, 0.15) is 6.54 Å². The molecule has 0 aliphatic carbocycles. The van der Waals surface area contributed by atoms with E-state index in [2.05, 4.69) is 36.9 Å². The summed E-state index contributed by atoms with van der Waals surface area (Å²) in [5.74, 6) is -0.167. The van der Waals surface area contributed by atoms with E-state index < -0.39 is 10.0 Å². The lowest BCUT2D eigenvalue weighted by Crippen LogP contribution is -2.52. The van der Waals surface area contributed by atoms with Gasteiger partial charge in [0.2, 0.25) is 15.9 Å². The van der Waals surface area contributed by atoms with Crippen molar-refractivity contribution < 1.29 is 13.2 Å². The van der Waals surface area contributed by atoms with E-state index in [-0.39, 0.29) is 12.5 Å². The monoisotopic (exact) mass is 415 g/mol. The Labute approximate surface area is 173 Å². The van der Waals surface area contributed by atoms with Gasteiger partial charge >= 0.3 is 0 Å². The zero-order valence-corrected chi connectivity index (χ0v) is 18.4. The number of benzene rings is 2. The first-order chi connectivity index (χ1) is 13.7. The number of rotatable bonds is 5. The standard InChI is InChI=1S/C22H29N3O3S/c1-17-9-7-11-21(19(17)3)23-12-14-24(15-13-23)22(26)16-25(29(4,27)28)20-10-6-5-8-18(20)2/h5-11H,12-16H2,1-4H3. The van der Waals surface area contributed by atoms with Crippen molar-refractivity contribution in [2.75, 3.05) is 48.2 Å². The van der Waals surface area contributed by atoms with Gasteiger partial charge < -0.3 is 9.80 Å². The summed E-state index contributed by atoms with van der Waals surface area (Å²) in [7, 11) is -3.56. The van der Waals surface area contributed by atoms with E-state index in [1.54, 1.807) is 17.0 Å². The average Bonchev–Trinajstić information content (AvgIpc) is 2.68. The fourth-order valence-corrected chi connectivity index (χ4v) is 4.63. The smallest absolute Gasteiger partial charge is 0.243 e. The Bertz CT molecular complexity index is 996. The Kier molecular flexibility index (Phi) is 6.17. The summed E-state index contributed by atoms with van der Waals surface area (Å²) in [6, 6.07) is 13.5. The maximum absolute atomic E-state index is 12.9. The third-order valence-electron chi connectivity index (χ3n) is 5.61. The lowest BCUT2D eigenvalue weighted by atomic mass is 10.1. The van der Waals surface area contributed by atoms with Gasteiger partial charge in [-0.25, -0.2) is 8.42 Å². The molecule has 0 spiro atoms. The van der Waals surface area contributed by atoms with E-state index in [0.717, 1.165) is 24.9 Å². The molecule has 0 aromatic heterocycles. The molecule has 29 heavy (non-hydrogen) atoms. The second-order valence-corrected chi connectivity index (χ2v) is 9.55. The predicted molar refractivity (Wildman–Crippen MR) is 118 cm³/mol. The van der Waals surface area contributed by atoms with Crippen LogP contribution < -0.4 is 9.21 Å². The molecule has 7 heteroatoms. The molecular formula is C22H29N3O3S. The number of hydrogen-bond donors (Lipinski definition) is 0. The Hall–Kier alpha value is -2.54. The SMILES string of the molecule is Cc1ccccc1N(CC(=O)N1CCN(c2cccc(C)c2C)CC1)S(C)(=O)=O. The highest BCUT2D eigenvalue weighted by molar-refractivity contribution is 7.92. The van der Waals surface area contributed by atoms with Gasteiger partial charge in [0.25, 0.3) is 0 Å². The summed E-state index contributed by atoms with van der Waals surface area (Å²) in [6.45, 7) is 8.53. The van der Waals surface area contributed by atoms with Crippen LogP contribution in [0.4, 0.5) is 11.4 Å². The van der Waals surface area contributed by atoms with Crippen LogP contribution in [-0.4, -0.2) is 58.2 Å². The molecule has 1 amide bonds. The fourth-order valence-electron chi connectivity index (χ4n) is 3.72. The van der Waals surface area contributed by atoms with E-state index in [1.165, 1.54) is 21.1 Å². The first kappa shape index (κ1) is 21.2. The highest BCUT2D eigenvalue weighted by atomic mass is 32.2. The minimum absolute atomic E-state index is 0.167. The summed E-state index contributed by atoms with van der Waals surface area (Å²) < 4.78 is 25.9. The number of piperazine rings is 1. The molecule has 1 heterocycles. The quantitative estimate of drug-likeness (QED) is 0.753. The molecule has 1 aliphatic rings. The summed E-state index contributed by atoms with van der Waals surface area (Å²) >= 11 is 0. The van der Waals surface area contributed by atoms with Crippen LogP contribution >= 0.6 is 0 Å². The van der Waals surface area contributed by atoms with Crippen LogP contribution in [0.25, 0.3) is 0 Å². The third-order valence-corrected chi connectivity index (χ3v) is 6.74. The molecule has 1 fully saturated rings. The van der Waals surface area contributed by atoms with E-state index in [4.69, 9.17) is 0 Å². The topological polar surface area (TPSA) is 60.9 Å². The average molecular weight is 416 g/mol. The highest BCUT2D eigenvalue weighted by Gasteiger charge is 2.27. The van der Waals surface area contributed by atoms with Gasteiger partial charge in [-0.05, 0) is 49.6 Å². The van der Waals surface area contributed by atoms with E-state index in [0.29, 0.717) is 18.8 Å². The molecule has 0 saturated carbocycles. The lowest BCUT2D eigenvalue weighted by molar-refractivity contribution is -0.129. The summed E-state index contributed by atoms with van der Waals surface area (Å²) in [5, 5.41) is 0. The molecule has 0 radical (unpaired) electrons. The van der Waals surface area contributed by atoms with Crippen LogP contribution in [-0.2, 0) is 14.8 Å². The molecule has 1 saturated heterocycles. The molecule has 1 aliphatic heterocycles. The molecule has 0 bridgehead atoms. The number of carbonyl (C=O) groups excluding carboxylic acids is 1. The first-order valence-corrected chi connectivity index (χ1v) is 11.7. The van der Waals surface area contributed by atoms with Crippen molar-refractivity contribution in [3.05, 3.63) is 59.2 Å². The minimum atomic E-state index is -3.56. The van der Waals surface area contributed by atoms with Crippen molar-refractivity contribution in [2.24, 2.45) is 0 Å². The second-order valence-electron chi connectivity index (χ2n) is 7.64. The van der Waals surface area contributed by atoms with Crippen LogP contribution in [0.2, 0.25) is 0 Å². The van der Waals surface area contributed by atoms with Crippen LogP contribution in [0.1, 0.15) is 16.7 Å². The van der Waals surface area contributed by atoms with Crippen molar-refractivity contribution >= 4 is 27.3 Å². The molecule has 0 unspecified atom stereocenters. The third kappa shape index (κ3) is 4.72. The van der Waals surface area contributed by atoms with Crippen molar-refractivity contribution in [3.63, 3.8) is 0 Å². The molecule has 156 valence electrons. The number of aryl methyl sites for hydroxylation is 2. The van der Waals surface area contributed by atoms with Crippen molar-refractivity contribution in [2.45, 2.75) is 20.8 Å². The zero-order valence-electron chi connectivity index (χ0n) is 17.6. The molecule has 2 aromatic carbocycles. The van der Waals surface area contributed by atoms with Gasteiger partial charge in [-0.2, -0.15) is 0 Å². The minimum Gasteiger partial charge on any atom is -0.368 e.